The topological polar surface area (TPSA) is 65.4 Å². The van der Waals surface area contributed by atoms with Gasteiger partial charge in [0.2, 0.25) is 0 Å². The number of Topliss-reactive ketones (excluding diaryl/α,β-unsaturated/α-hetero) is 1. The second-order valence-electron chi connectivity index (χ2n) is 8.23. The van der Waals surface area contributed by atoms with E-state index in [1.165, 1.54) is 5.56 Å². The van der Waals surface area contributed by atoms with Gasteiger partial charge in [-0.1, -0.05) is 12.1 Å². The van der Waals surface area contributed by atoms with E-state index in [1.54, 1.807) is 6.26 Å². The summed E-state index contributed by atoms with van der Waals surface area (Å²) >= 11 is 0. The van der Waals surface area contributed by atoms with Crippen molar-refractivity contribution < 1.29 is 9.21 Å². The van der Waals surface area contributed by atoms with Crippen molar-refractivity contribution in [3.05, 3.63) is 82.6 Å². The number of nitrogens with zero attached hydrogens (tertiary/aromatic N) is 4. The molecule has 0 radical (unpaired) electrons. The predicted octanol–water partition coefficient (Wildman–Crippen LogP) is 3.62. The van der Waals surface area contributed by atoms with Crippen molar-refractivity contribution in [3.8, 4) is 6.07 Å². The van der Waals surface area contributed by atoms with Gasteiger partial charge in [0.1, 0.15) is 5.76 Å². The van der Waals surface area contributed by atoms with Gasteiger partial charge in [-0.25, -0.2) is 0 Å². The number of rotatable bonds is 7. The highest BCUT2D eigenvalue weighted by Crippen LogP contribution is 2.19. The van der Waals surface area contributed by atoms with Crippen LogP contribution in [0.3, 0.4) is 0 Å². The van der Waals surface area contributed by atoms with Crippen molar-refractivity contribution in [2.75, 3.05) is 32.7 Å². The molecule has 1 aliphatic rings. The summed E-state index contributed by atoms with van der Waals surface area (Å²) < 4.78 is 7.61. The third-order valence-corrected chi connectivity index (χ3v) is 6.09. The lowest BCUT2D eigenvalue weighted by Gasteiger charge is -2.34. The Kier molecular flexibility index (Phi) is 6.36. The van der Waals surface area contributed by atoms with E-state index < -0.39 is 0 Å². The Balaban J connectivity index is 1.31. The normalized spacial score (nSPS) is 15.1. The smallest absolute Gasteiger partial charge is 0.178 e. The monoisotopic (exact) mass is 416 g/mol. The maximum atomic E-state index is 13.0. The number of furan rings is 1. The van der Waals surface area contributed by atoms with Crippen LogP contribution in [0, 0.1) is 25.2 Å². The minimum atomic E-state index is 0.180. The Bertz CT molecular complexity index is 1070. The number of aromatic nitrogens is 1. The summed E-state index contributed by atoms with van der Waals surface area (Å²) in [6.07, 6.45) is 1.68. The molecule has 3 heterocycles. The van der Waals surface area contributed by atoms with Crippen LogP contribution in [-0.2, 0) is 13.1 Å². The zero-order chi connectivity index (χ0) is 21.8. The number of carbonyl (C=O) groups excluding carboxylic acids is 1. The third-order valence-electron chi connectivity index (χ3n) is 6.09. The van der Waals surface area contributed by atoms with E-state index >= 15 is 0 Å². The van der Waals surface area contributed by atoms with Crippen LogP contribution in [0.15, 0.2) is 53.1 Å². The molecule has 0 atom stereocenters. The second kappa shape index (κ2) is 9.34. The fourth-order valence-electron chi connectivity index (χ4n) is 4.22. The highest BCUT2D eigenvalue weighted by Gasteiger charge is 2.22. The SMILES string of the molecule is Cc1cc(C(=O)CN2CCN(Cc3ccc(C#N)cc3)CC2)c(C)n1Cc1ccco1. The van der Waals surface area contributed by atoms with E-state index in [2.05, 4.69) is 20.4 Å². The van der Waals surface area contributed by atoms with Crippen LogP contribution in [0.2, 0.25) is 0 Å². The zero-order valence-corrected chi connectivity index (χ0v) is 18.2. The highest BCUT2D eigenvalue weighted by atomic mass is 16.3. The molecule has 2 aromatic heterocycles. The zero-order valence-electron chi connectivity index (χ0n) is 18.2. The Morgan fingerprint density at radius 1 is 1.03 bits per heavy atom. The average Bonchev–Trinajstić information content (AvgIpc) is 3.39. The van der Waals surface area contributed by atoms with Crippen molar-refractivity contribution >= 4 is 5.78 Å². The van der Waals surface area contributed by atoms with Crippen molar-refractivity contribution in [1.82, 2.24) is 14.4 Å². The van der Waals surface area contributed by atoms with Crippen LogP contribution in [0.4, 0.5) is 0 Å². The molecule has 1 fully saturated rings. The van der Waals surface area contributed by atoms with Crippen LogP contribution >= 0.6 is 0 Å². The van der Waals surface area contributed by atoms with Crippen LogP contribution in [0.5, 0.6) is 0 Å². The molecule has 0 N–H and O–H groups in total. The minimum absolute atomic E-state index is 0.180. The Morgan fingerprint density at radius 3 is 2.39 bits per heavy atom. The lowest BCUT2D eigenvalue weighted by Crippen LogP contribution is -2.47. The molecule has 0 bridgehead atoms. The maximum Gasteiger partial charge on any atom is 0.178 e. The quantitative estimate of drug-likeness (QED) is 0.551. The molecule has 6 nitrogen and oxygen atoms in total. The van der Waals surface area contributed by atoms with Crippen molar-refractivity contribution in [3.63, 3.8) is 0 Å². The van der Waals surface area contributed by atoms with Gasteiger partial charge in [0, 0.05) is 49.7 Å². The molecule has 3 aromatic rings. The van der Waals surface area contributed by atoms with E-state index in [9.17, 15) is 4.79 Å². The number of hydrogen-bond acceptors (Lipinski definition) is 5. The van der Waals surface area contributed by atoms with Gasteiger partial charge in [-0.05, 0) is 49.7 Å². The molecule has 1 aromatic carbocycles. The fraction of sp³-hybridized carbons (Fsp3) is 0.360. The molecule has 0 spiro atoms. The van der Waals surface area contributed by atoms with Crippen molar-refractivity contribution in [2.24, 2.45) is 0 Å². The Hall–Kier alpha value is -3.14. The molecular formula is C25H28N4O2. The molecule has 6 heteroatoms. The lowest BCUT2D eigenvalue weighted by atomic mass is 10.1. The van der Waals surface area contributed by atoms with Gasteiger partial charge in [0.15, 0.2) is 5.78 Å². The highest BCUT2D eigenvalue weighted by molar-refractivity contribution is 5.99. The fourth-order valence-corrected chi connectivity index (χ4v) is 4.22. The van der Waals surface area contributed by atoms with E-state index in [1.807, 2.05) is 56.3 Å². The van der Waals surface area contributed by atoms with E-state index in [0.29, 0.717) is 18.7 Å². The summed E-state index contributed by atoms with van der Waals surface area (Å²) in [4.78, 5) is 17.7. The molecule has 1 aliphatic heterocycles. The molecule has 31 heavy (non-hydrogen) atoms. The molecule has 0 unspecified atom stereocenters. The summed E-state index contributed by atoms with van der Waals surface area (Å²) in [5.41, 5.74) is 4.79. The van der Waals surface area contributed by atoms with Gasteiger partial charge in [-0.15, -0.1) is 0 Å². The third kappa shape index (κ3) is 4.96. The summed E-state index contributed by atoms with van der Waals surface area (Å²) in [5, 5.41) is 8.93. The Morgan fingerprint density at radius 2 is 1.74 bits per heavy atom. The summed E-state index contributed by atoms with van der Waals surface area (Å²) in [6.45, 7) is 9.66. The number of benzene rings is 1. The summed E-state index contributed by atoms with van der Waals surface area (Å²) in [6, 6.07) is 15.8. The first-order chi connectivity index (χ1) is 15.0. The number of hydrogen-bond donors (Lipinski definition) is 0. The summed E-state index contributed by atoms with van der Waals surface area (Å²) in [7, 11) is 0. The van der Waals surface area contributed by atoms with Gasteiger partial charge in [-0.3, -0.25) is 14.6 Å². The van der Waals surface area contributed by atoms with Crippen LogP contribution in [0.1, 0.15) is 38.6 Å². The lowest BCUT2D eigenvalue weighted by molar-refractivity contribution is 0.0843. The number of ketones is 1. The predicted molar refractivity (Wildman–Crippen MR) is 119 cm³/mol. The second-order valence-corrected chi connectivity index (χ2v) is 8.23. The van der Waals surface area contributed by atoms with Crippen LogP contribution in [0.25, 0.3) is 0 Å². The number of carbonyl (C=O) groups is 1. The van der Waals surface area contributed by atoms with Gasteiger partial charge < -0.3 is 8.98 Å². The van der Waals surface area contributed by atoms with Gasteiger partial charge in [0.05, 0.1) is 31.0 Å². The first kappa shape index (κ1) is 21.1. The van der Waals surface area contributed by atoms with Crippen LogP contribution in [-0.4, -0.2) is 52.9 Å². The van der Waals surface area contributed by atoms with E-state index in [4.69, 9.17) is 9.68 Å². The Labute approximate surface area is 183 Å². The number of aryl methyl sites for hydroxylation is 1. The van der Waals surface area contributed by atoms with Gasteiger partial charge >= 0.3 is 0 Å². The molecule has 1 saturated heterocycles. The van der Waals surface area contributed by atoms with Crippen LogP contribution < -0.4 is 0 Å². The molecule has 4 rings (SSSR count). The molecule has 0 amide bonds. The van der Waals surface area contributed by atoms with Gasteiger partial charge in [0.25, 0.3) is 0 Å². The number of nitriles is 1. The van der Waals surface area contributed by atoms with Gasteiger partial charge in [-0.2, -0.15) is 5.26 Å². The summed E-state index contributed by atoms with van der Waals surface area (Å²) in [5.74, 6) is 1.07. The van der Waals surface area contributed by atoms with E-state index in [0.717, 1.165) is 55.4 Å². The van der Waals surface area contributed by atoms with Crippen molar-refractivity contribution in [1.29, 1.82) is 5.26 Å². The standard InChI is InChI=1S/C25H28N4O2/c1-19-14-24(20(2)29(19)17-23-4-3-13-31-23)25(30)18-28-11-9-27(10-12-28)16-22-7-5-21(15-26)6-8-22/h3-8,13-14H,9-12,16-18H2,1-2H3. The maximum absolute atomic E-state index is 13.0. The van der Waals surface area contributed by atoms with E-state index in [-0.39, 0.29) is 5.78 Å². The number of piperazine rings is 1. The first-order valence-corrected chi connectivity index (χ1v) is 10.7. The first-order valence-electron chi connectivity index (χ1n) is 10.7. The average molecular weight is 417 g/mol. The molecular weight excluding hydrogens is 388 g/mol. The molecule has 160 valence electrons. The molecule has 0 aliphatic carbocycles. The largest absolute Gasteiger partial charge is 0.467 e. The molecule has 0 saturated carbocycles. The van der Waals surface area contributed by atoms with Crippen molar-refractivity contribution in [2.45, 2.75) is 26.9 Å². The minimum Gasteiger partial charge on any atom is -0.467 e.